The molecule has 18 heavy (non-hydrogen) atoms. The summed E-state index contributed by atoms with van der Waals surface area (Å²) < 4.78 is 34.4. The summed E-state index contributed by atoms with van der Waals surface area (Å²) in [6.07, 6.45) is 0.744. The van der Waals surface area contributed by atoms with Gasteiger partial charge in [-0.1, -0.05) is 30.3 Å². The van der Waals surface area contributed by atoms with E-state index < -0.39 is 10.4 Å². The Morgan fingerprint density at radius 2 is 1.72 bits per heavy atom. The number of hydrogen-bond donors (Lipinski definition) is 1. The maximum atomic E-state index is 10.7. The topological polar surface area (TPSA) is 63.6 Å². The van der Waals surface area contributed by atoms with Crippen molar-refractivity contribution in [2.75, 3.05) is 0 Å². The van der Waals surface area contributed by atoms with Crippen LogP contribution in [-0.2, 0) is 16.8 Å². The van der Waals surface area contributed by atoms with Gasteiger partial charge >= 0.3 is 10.4 Å². The molecule has 0 saturated carbocycles. The maximum Gasteiger partial charge on any atom is 0.446 e. The third-order valence-electron chi connectivity index (χ3n) is 2.97. The molecule has 5 heteroatoms. The van der Waals surface area contributed by atoms with E-state index in [1.807, 2.05) is 30.3 Å². The Labute approximate surface area is 105 Å². The predicted octanol–water partition coefficient (Wildman–Crippen LogP) is 2.44. The van der Waals surface area contributed by atoms with E-state index in [2.05, 4.69) is 4.18 Å². The van der Waals surface area contributed by atoms with Gasteiger partial charge in [0, 0.05) is 0 Å². The second-order valence-electron chi connectivity index (χ2n) is 4.16. The van der Waals surface area contributed by atoms with Gasteiger partial charge in [0.1, 0.15) is 5.75 Å². The van der Waals surface area contributed by atoms with Gasteiger partial charge in [0.05, 0.1) is 0 Å². The third kappa shape index (κ3) is 1.98. The molecule has 4 nitrogen and oxygen atoms in total. The van der Waals surface area contributed by atoms with Gasteiger partial charge in [0.15, 0.2) is 0 Å². The highest BCUT2D eigenvalue weighted by molar-refractivity contribution is 7.81. The summed E-state index contributed by atoms with van der Waals surface area (Å²) in [4.78, 5) is 0. The van der Waals surface area contributed by atoms with Crippen LogP contribution in [0.25, 0.3) is 11.1 Å². The molecular weight excluding hydrogens is 252 g/mol. The quantitative estimate of drug-likeness (QED) is 0.720. The molecule has 0 radical (unpaired) electrons. The van der Waals surface area contributed by atoms with Crippen LogP contribution < -0.4 is 4.18 Å². The van der Waals surface area contributed by atoms with Crippen LogP contribution in [0.4, 0.5) is 0 Å². The van der Waals surface area contributed by atoms with Crippen LogP contribution in [0, 0.1) is 0 Å². The predicted molar refractivity (Wildman–Crippen MR) is 66.9 cm³/mol. The lowest BCUT2D eigenvalue weighted by Gasteiger charge is -2.04. The molecule has 0 saturated heterocycles. The molecule has 1 aliphatic rings. The molecule has 0 atom stereocenters. The van der Waals surface area contributed by atoms with Gasteiger partial charge in [0.25, 0.3) is 0 Å². The average Bonchev–Trinajstić information content (AvgIpc) is 2.64. The second kappa shape index (κ2) is 3.83. The van der Waals surface area contributed by atoms with Crippen molar-refractivity contribution < 1.29 is 17.2 Å². The van der Waals surface area contributed by atoms with Crippen molar-refractivity contribution in [1.82, 2.24) is 0 Å². The molecule has 0 unspecified atom stereocenters. The van der Waals surface area contributed by atoms with Gasteiger partial charge < -0.3 is 4.18 Å². The third-order valence-corrected chi connectivity index (χ3v) is 3.37. The lowest BCUT2D eigenvalue weighted by atomic mass is 10.1. The average molecular weight is 262 g/mol. The zero-order valence-corrected chi connectivity index (χ0v) is 10.1. The minimum absolute atomic E-state index is 0.129. The zero-order valence-electron chi connectivity index (χ0n) is 9.33. The number of rotatable bonds is 2. The van der Waals surface area contributed by atoms with E-state index in [4.69, 9.17) is 4.55 Å². The first-order valence-electron chi connectivity index (χ1n) is 5.41. The van der Waals surface area contributed by atoms with Crippen molar-refractivity contribution in [3.05, 3.63) is 53.6 Å². The molecular formula is C13H10O4S. The summed E-state index contributed by atoms with van der Waals surface area (Å²) in [5.74, 6) is 0.129. The highest BCUT2D eigenvalue weighted by Gasteiger charge is 2.19. The van der Waals surface area contributed by atoms with E-state index in [9.17, 15) is 8.42 Å². The smallest absolute Gasteiger partial charge is 0.362 e. The van der Waals surface area contributed by atoms with Crippen LogP contribution in [0.2, 0.25) is 0 Å². The molecule has 0 aromatic heterocycles. The van der Waals surface area contributed by atoms with Crippen LogP contribution in [0.1, 0.15) is 11.1 Å². The molecule has 0 fully saturated rings. The van der Waals surface area contributed by atoms with Crippen molar-refractivity contribution in [2.45, 2.75) is 6.42 Å². The number of benzene rings is 2. The molecule has 3 rings (SSSR count). The molecule has 2 aromatic rings. The minimum atomic E-state index is -4.46. The van der Waals surface area contributed by atoms with E-state index in [1.54, 1.807) is 6.07 Å². The van der Waals surface area contributed by atoms with E-state index in [0.29, 0.717) is 0 Å². The first-order chi connectivity index (χ1) is 8.53. The molecule has 0 heterocycles. The molecule has 1 N–H and O–H groups in total. The highest BCUT2D eigenvalue weighted by Crippen LogP contribution is 2.38. The number of fused-ring (bicyclic) bond motifs is 3. The van der Waals surface area contributed by atoms with Gasteiger partial charge in [-0.2, -0.15) is 8.42 Å². The fraction of sp³-hybridized carbons (Fsp3) is 0.0769. The van der Waals surface area contributed by atoms with Crippen LogP contribution in [0.3, 0.4) is 0 Å². The second-order valence-corrected chi connectivity index (χ2v) is 5.19. The van der Waals surface area contributed by atoms with Crippen molar-refractivity contribution in [2.24, 2.45) is 0 Å². The molecule has 0 bridgehead atoms. The highest BCUT2D eigenvalue weighted by atomic mass is 32.3. The molecule has 0 amide bonds. The fourth-order valence-electron chi connectivity index (χ4n) is 2.29. The summed E-state index contributed by atoms with van der Waals surface area (Å²) in [6.45, 7) is 0. The Bertz CT molecular complexity index is 720. The first-order valence-corrected chi connectivity index (χ1v) is 6.77. The number of hydrogen-bond acceptors (Lipinski definition) is 3. The lowest BCUT2D eigenvalue weighted by Crippen LogP contribution is -2.06. The van der Waals surface area contributed by atoms with E-state index >= 15 is 0 Å². The van der Waals surface area contributed by atoms with Gasteiger partial charge in [0.2, 0.25) is 0 Å². The van der Waals surface area contributed by atoms with Crippen LogP contribution in [0.5, 0.6) is 5.75 Å². The van der Waals surface area contributed by atoms with Crippen molar-refractivity contribution in [1.29, 1.82) is 0 Å². The Balaban J connectivity index is 2.03. The Morgan fingerprint density at radius 3 is 2.50 bits per heavy atom. The molecule has 0 spiro atoms. The van der Waals surface area contributed by atoms with Crippen molar-refractivity contribution in [3.63, 3.8) is 0 Å². The minimum Gasteiger partial charge on any atom is -0.362 e. The largest absolute Gasteiger partial charge is 0.446 e. The Hall–Kier alpha value is -1.85. The van der Waals surface area contributed by atoms with Crippen LogP contribution in [-0.4, -0.2) is 13.0 Å². The molecule has 92 valence electrons. The lowest BCUT2D eigenvalue weighted by molar-refractivity contribution is 0.386. The summed E-state index contributed by atoms with van der Waals surface area (Å²) in [7, 11) is -4.46. The van der Waals surface area contributed by atoms with E-state index in [0.717, 1.165) is 23.1 Å². The van der Waals surface area contributed by atoms with Crippen molar-refractivity contribution >= 4 is 10.4 Å². The normalized spacial score (nSPS) is 12.9. The fourth-order valence-corrected chi connectivity index (χ4v) is 2.64. The summed E-state index contributed by atoms with van der Waals surface area (Å²) in [5.41, 5.74) is 4.44. The Kier molecular flexibility index (Phi) is 2.39. The van der Waals surface area contributed by atoms with Crippen LogP contribution in [0.15, 0.2) is 42.5 Å². The SMILES string of the molecule is O=S(=O)(O)Oc1ccc2c(c1)Cc1ccccc1-2. The summed E-state index contributed by atoms with van der Waals surface area (Å²) in [6, 6.07) is 13.0. The van der Waals surface area contributed by atoms with Crippen molar-refractivity contribution in [3.8, 4) is 16.9 Å². The first kappa shape index (κ1) is 11.3. The summed E-state index contributed by atoms with van der Waals surface area (Å²) in [5, 5.41) is 0. The van der Waals surface area contributed by atoms with Gasteiger partial charge in [-0.25, -0.2) is 0 Å². The summed E-state index contributed by atoms with van der Waals surface area (Å²) >= 11 is 0. The molecule has 1 aliphatic carbocycles. The van der Waals surface area contributed by atoms with Crippen LogP contribution >= 0.6 is 0 Å². The Morgan fingerprint density at radius 1 is 1.00 bits per heavy atom. The van der Waals surface area contributed by atoms with Gasteiger partial charge in [-0.3, -0.25) is 4.55 Å². The van der Waals surface area contributed by atoms with E-state index in [1.165, 1.54) is 11.6 Å². The van der Waals surface area contributed by atoms with E-state index in [-0.39, 0.29) is 5.75 Å². The zero-order chi connectivity index (χ0) is 12.8. The van der Waals surface area contributed by atoms with Gasteiger partial charge in [-0.15, -0.1) is 0 Å². The standard InChI is InChI=1S/C13H10O4S/c14-18(15,16)17-11-5-6-13-10(8-11)7-9-3-1-2-4-12(9)13/h1-6,8H,7H2,(H,14,15,16). The molecule has 0 aliphatic heterocycles. The maximum absolute atomic E-state index is 10.7. The molecule has 2 aromatic carbocycles. The monoisotopic (exact) mass is 262 g/mol. The van der Waals surface area contributed by atoms with Gasteiger partial charge in [-0.05, 0) is 40.8 Å².